The van der Waals surface area contributed by atoms with Crippen LogP contribution in [0.5, 0.6) is 0 Å². The normalized spacial score (nSPS) is 0. The maximum absolute atomic E-state index is 0. The fraction of sp³-hybridized carbons (Fsp3) is 0. The van der Waals surface area contributed by atoms with E-state index in [1.807, 2.05) is 0 Å². The van der Waals surface area contributed by atoms with E-state index in [0.29, 0.717) is 0 Å². The third-order valence-corrected chi connectivity index (χ3v) is 0. The molecule has 0 aromatic carbocycles. The van der Waals surface area contributed by atoms with Crippen LogP contribution in [0.3, 0.4) is 0 Å². The first kappa shape index (κ1) is 662. The minimum atomic E-state index is 0. The zero-order chi connectivity index (χ0) is 0. The monoisotopic (exact) mass is 335 g/mol. The van der Waals surface area contributed by atoms with Crippen LogP contribution in [0.25, 0.3) is 0 Å². The topological polar surface area (TPSA) is 210 Å². The first-order valence-corrected chi connectivity index (χ1v) is 0. The molecule has 0 spiro atoms. The van der Waals surface area contributed by atoms with E-state index in [0.717, 1.165) is 0 Å². The Bertz CT molecular complexity index is 13.6. The van der Waals surface area contributed by atoms with Crippen molar-refractivity contribution >= 4 is 0 Å². The Kier molecular flexibility index (Phi) is 32600. The molecule has 0 atom stereocenters. The van der Waals surface area contributed by atoms with Crippen molar-refractivity contribution in [1.82, 2.24) is 0 Å². The van der Waals surface area contributed by atoms with Gasteiger partial charge in [0.2, 0.25) is 0 Å². The van der Waals surface area contributed by atoms with Gasteiger partial charge in [-0.25, -0.2) is 0 Å². The van der Waals surface area contributed by atoms with Gasteiger partial charge in [-0.1, -0.05) is 0 Å². The number of hydrogen-bond acceptors (Lipinski definition) is 7. The molecular formula is H7FeNiO7Ru. The first-order chi connectivity index (χ1) is 0. The summed E-state index contributed by atoms with van der Waals surface area (Å²) in [7, 11) is 0. The molecule has 0 rings (SSSR count). The second-order valence-corrected chi connectivity index (χ2v) is 0. The molecule has 0 amide bonds. The summed E-state index contributed by atoms with van der Waals surface area (Å²) in [5.74, 6) is 0. The van der Waals surface area contributed by atoms with Crippen LogP contribution in [0.2, 0.25) is 0 Å². The summed E-state index contributed by atoms with van der Waals surface area (Å²) in [5, 5.41) is 0. The van der Waals surface area contributed by atoms with Gasteiger partial charge in [-0.15, -0.1) is 0 Å². The van der Waals surface area contributed by atoms with Crippen LogP contribution in [0, 0.1) is 0 Å². The molecule has 0 unspecified atom stereocenters. The molecule has 0 saturated heterocycles. The maximum atomic E-state index is 0. The van der Waals surface area contributed by atoms with E-state index < -0.39 is 0 Å². The molecule has 0 aliphatic carbocycles. The smallest absolute Gasteiger partial charge is 0.870 e. The Morgan fingerprint density at radius 1 is 0.400 bits per heavy atom. The molecule has 0 aromatic rings. The van der Waals surface area contributed by atoms with Crippen molar-refractivity contribution in [3.8, 4) is 0 Å². The van der Waals surface area contributed by atoms with Crippen LogP contribution >= 0.6 is 0 Å². The van der Waals surface area contributed by atoms with Crippen molar-refractivity contribution in [2.75, 3.05) is 0 Å². The fourth-order valence-corrected chi connectivity index (χ4v) is 0. The Labute approximate surface area is 91.3 Å². The van der Waals surface area contributed by atoms with Gasteiger partial charge in [-0.2, -0.15) is 0 Å². The van der Waals surface area contributed by atoms with E-state index in [1.54, 1.807) is 0 Å². The van der Waals surface area contributed by atoms with E-state index in [4.69, 9.17) is 0 Å². The number of hydrogen-bond donors (Lipinski definition) is 0. The van der Waals surface area contributed by atoms with Gasteiger partial charge in [0.25, 0.3) is 0 Å². The Balaban J connectivity index is 0. The maximum Gasteiger partial charge on any atom is 3.00 e. The van der Waals surface area contributed by atoms with Crippen LogP contribution in [0.1, 0.15) is 0 Å². The van der Waals surface area contributed by atoms with Crippen LogP contribution in [0.15, 0.2) is 0 Å². The average molecular weight is 335 g/mol. The van der Waals surface area contributed by atoms with Crippen LogP contribution in [-0.4, -0.2) is 38.3 Å². The summed E-state index contributed by atoms with van der Waals surface area (Å²) in [6.45, 7) is 0. The van der Waals surface area contributed by atoms with E-state index in [9.17, 15) is 0 Å². The molecule has 0 bridgehead atoms. The zero-order valence-electron chi connectivity index (χ0n) is 4.15. The second-order valence-electron chi connectivity index (χ2n) is 0. The molecular weight excluding hydrogens is 328 g/mol. The van der Waals surface area contributed by atoms with Crippen LogP contribution in [0.4, 0.5) is 0 Å². The summed E-state index contributed by atoms with van der Waals surface area (Å²) >= 11 is 0. The molecule has 75 valence electrons. The van der Waals surface area contributed by atoms with Gasteiger partial charge in [-0.05, 0) is 0 Å². The molecule has 0 aliphatic rings. The van der Waals surface area contributed by atoms with Crippen molar-refractivity contribution in [1.29, 1.82) is 0 Å². The summed E-state index contributed by atoms with van der Waals surface area (Å²) < 4.78 is 0. The van der Waals surface area contributed by atoms with Crippen molar-refractivity contribution in [2.45, 2.75) is 0 Å². The van der Waals surface area contributed by atoms with E-state index in [1.165, 1.54) is 0 Å². The van der Waals surface area contributed by atoms with E-state index >= 15 is 0 Å². The summed E-state index contributed by atoms with van der Waals surface area (Å²) in [6.07, 6.45) is 0. The van der Waals surface area contributed by atoms with Crippen LogP contribution in [-0.2, 0) is 53.0 Å². The third kappa shape index (κ3) is 355. The van der Waals surface area contributed by atoms with E-state index in [2.05, 4.69) is 0 Å². The minimum Gasteiger partial charge on any atom is -0.870 e. The standard InChI is InChI=1S/Fe.Ni.7H2O.Ru/h;;7*1H2;/q2*+2;;;;;;;;+3/p-7. The molecule has 10 heavy (non-hydrogen) atoms. The predicted molar refractivity (Wildman–Crippen MR) is 13.6 cm³/mol. The van der Waals surface area contributed by atoms with Gasteiger partial charge >= 0.3 is 53.0 Å². The molecule has 1 radical (unpaired) electrons. The van der Waals surface area contributed by atoms with Gasteiger partial charge in [0.1, 0.15) is 0 Å². The van der Waals surface area contributed by atoms with Crippen molar-refractivity contribution in [2.24, 2.45) is 0 Å². The van der Waals surface area contributed by atoms with E-state index in [-0.39, 0.29) is 91.4 Å². The summed E-state index contributed by atoms with van der Waals surface area (Å²) in [6, 6.07) is 0. The fourth-order valence-electron chi connectivity index (χ4n) is 0. The van der Waals surface area contributed by atoms with Crippen LogP contribution < -0.4 is 0 Å². The number of rotatable bonds is 0. The SMILES string of the molecule is [Fe+2].[Ni+2].[OH-].[OH-].[OH-].[OH-].[OH-].[OH-].[OH-].[Ru+3]. The first-order valence-electron chi connectivity index (χ1n) is 0. The molecule has 7 nitrogen and oxygen atoms in total. The molecule has 0 saturated carbocycles. The molecule has 0 aliphatic heterocycles. The molecule has 0 fully saturated rings. The minimum absolute atomic E-state index is 0. The summed E-state index contributed by atoms with van der Waals surface area (Å²) in [5.41, 5.74) is 0. The van der Waals surface area contributed by atoms with Crippen molar-refractivity contribution in [3.05, 3.63) is 0 Å². The van der Waals surface area contributed by atoms with Gasteiger partial charge in [0, 0.05) is 0 Å². The largest absolute Gasteiger partial charge is 3.00 e. The van der Waals surface area contributed by atoms with Gasteiger partial charge in [0.05, 0.1) is 0 Å². The van der Waals surface area contributed by atoms with Gasteiger partial charge in [0.15, 0.2) is 0 Å². The summed E-state index contributed by atoms with van der Waals surface area (Å²) in [4.78, 5) is 0. The predicted octanol–water partition coefficient (Wildman–Crippen LogP) is -1.25. The molecule has 7 N–H and O–H groups in total. The molecule has 10 heteroatoms. The second kappa shape index (κ2) is 493. The average Bonchev–Trinajstić information content (AvgIpc) is 0. The Morgan fingerprint density at radius 3 is 0.400 bits per heavy atom. The van der Waals surface area contributed by atoms with Gasteiger partial charge < -0.3 is 38.3 Å². The molecule has 0 heterocycles. The van der Waals surface area contributed by atoms with Crippen molar-refractivity contribution in [3.63, 3.8) is 0 Å². The Morgan fingerprint density at radius 2 is 0.400 bits per heavy atom. The Hall–Kier alpha value is 1.36. The third-order valence-electron chi connectivity index (χ3n) is 0. The zero-order valence-corrected chi connectivity index (χ0v) is 7.98. The quantitative estimate of drug-likeness (QED) is 0.490. The van der Waals surface area contributed by atoms with Crippen molar-refractivity contribution < 1.29 is 91.4 Å². The van der Waals surface area contributed by atoms with Gasteiger partial charge in [-0.3, -0.25) is 0 Å². The molecule has 0 aromatic heterocycles.